The fraction of sp³-hybridized carbons (Fsp3) is 1.00. The molecule has 0 spiro atoms. The summed E-state index contributed by atoms with van der Waals surface area (Å²) in [7, 11) is 0. The van der Waals surface area contributed by atoms with Crippen LogP contribution < -0.4 is 0 Å². The second-order valence-electron chi connectivity index (χ2n) is 10.8. The minimum absolute atomic E-state index is 0.602. The monoisotopic (exact) mass is 334 g/mol. The Morgan fingerprint density at radius 3 is 2.29 bits per heavy atom. The summed E-state index contributed by atoms with van der Waals surface area (Å²) in [6, 6.07) is 0. The highest BCUT2D eigenvalue weighted by molar-refractivity contribution is 4.92. The molecule has 0 heteroatoms. The fourth-order valence-corrected chi connectivity index (χ4v) is 5.74. The Labute approximate surface area is 153 Å². The Bertz CT molecular complexity index is 357. The van der Waals surface area contributed by atoms with Crippen molar-refractivity contribution in [3.05, 3.63) is 0 Å². The van der Waals surface area contributed by atoms with Gasteiger partial charge in [-0.1, -0.05) is 80.1 Å². The van der Waals surface area contributed by atoms with Gasteiger partial charge in [0.25, 0.3) is 0 Å². The molecule has 0 aromatic heterocycles. The molecule has 142 valence electrons. The van der Waals surface area contributed by atoms with Crippen LogP contribution in [0.1, 0.15) is 112 Å². The van der Waals surface area contributed by atoms with Gasteiger partial charge in [0.05, 0.1) is 0 Å². The van der Waals surface area contributed by atoms with Crippen LogP contribution in [-0.4, -0.2) is 0 Å². The summed E-state index contributed by atoms with van der Waals surface area (Å²) in [4.78, 5) is 0. The van der Waals surface area contributed by atoms with Gasteiger partial charge in [-0.15, -0.1) is 0 Å². The average Bonchev–Trinajstić information content (AvgIpc) is 3.21. The smallest absolute Gasteiger partial charge is 0.0298 e. The molecule has 0 bridgehead atoms. The summed E-state index contributed by atoms with van der Waals surface area (Å²) < 4.78 is 0. The van der Waals surface area contributed by atoms with Crippen LogP contribution in [0.4, 0.5) is 0 Å². The topological polar surface area (TPSA) is 0 Å². The van der Waals surface area contributed by atoms with Crippen molar-refractivity contribution in [1.82, 2.24) is 0 Å². The molecule has 2 aliphatic carbocycles. The maximum absolute atomic E-state index is 2.64. The molecule has 2 rings (SSSR count). The van der Waals surface area contributed by atoms with Crippen LogP contribution in [0.5, 0.6) is 0 Å². The first-order chi connectivity index (χ1) is 11.3. The van der Waals surface area contributed by atoms with Crippen molar-refractivity contribution in [3.63, 3.8) is 0 Å². The third-order valence-electron chi connectivity index (χ3n) is 7.58. The highest BCUT2D eigenvalue weighted by atomic mass is 14.5. The van der Waals surface area contributed by atoms with Gasteiger partial charge in [0.1, 0.15) is 0 Å². The Kier molecular flexibility index (Phi) is 7.69. The van der Waals surface area contributed by atoms with E-state index in [1.807, 2.05) is 0 Å². The van der Waals surface area contributed by atoms with Gasteiger partial charge >= 0.3 is 0 Å². The van der Waals surface area contributed by atoms with Gasteiger partial charge in [-0.3, -0.25) is 0 Å². The largest absolute Gasteiger partial charge is 0.0628 e. The summed E-state index contributed by atoms with van der Waals surface area (Å²) in [6.45, 7) is 15.0. The van der Waals surface area contributed by atoms with E-state index < -0.39 is 0 Å². The van der Waals surface area contributed by atoms with Crippen molar-refractivity contribution >= 4 is 0 Å². The van der Waals surface area contributed by atoms with E-state index >= 15 is 0 Å². The van der Waals surface area contributed by atoms with E-state index in [0.29, 0.717) is 5.41 Å². The molecule has 2 aliphatic rings. The average molecular weight is 335 g/mol. The molecule has 0 aromatic rings. The van der Waals surface area contributed by atoms with E-state index in [4.69, 9.17) is 0 Å². The lowest BCUT2D eigenvalue weighted by Gasteiger charge is -2.39. The van der Waals surface area contributed by atoms with E-state index in [-0.39, 0.29) is 0 Å². The predicted octanol–water partition coefficient (Wildman–Crippen LogP) is 8.11. The third-order valence-corrected chi connectivity index (χ3v) is 7.58. The van der Waals surface area contributed by atoms with Gasteiger partial charge in [0.15, 0.2) is 0 Å². The molecule has 6 unspecified atom stereocenters. The molecular weight excluding hydrogens is 288 g/mol. The number of hydrogen-bond acceptors (Lipinski definition) is 0. The van der Waals surface area contributed by atoms with E-state index in [2.05, 4.69) is 41.5 Å². The molecule has 24 heavy (non-hydrogen) atoms. The SMILES string of the molecule is CC(C)CC(C)CCC(C)CC1(C)CCCCCC2CC2CC1C. The van der Waals surface area contributed by atoms with Crippen LogP contribution in [0.2, 0.25) is 0 Å². The zero-order chi connectivity index (χ0) is 17.7. The Balaban J connectivity index is 1.83. The Morgan fingerprint density at radius 2 is 1.58 bits per heavy atom. The summed E-state index contributed by atoms with van der Waals surface area (Å²) in [6.07, 6.45) is 16.4. The van der Waals surface area contributed by atoms with Crippen molar-refractivity contribution in [2.24, 2.45) is 40.9 Å². The Hall–Kier alpha value is 0. The first kappa shape index (κ1) is 20.3. The molecule has 0 radical (unpaired) electrons. The second kappa shape index (κ2) is 9.09. The van der Waals surface area contributed by atoms with Crippen molar-refractivity contribution in [1.29, 1.82) is 0 Å². The molecule has 0 nitrogen and oxygen atoms in total. The highest BCUT2D eigenvalue weighted by Crippen LogP contribution is 2.52. The third kappa shape index (κ3) is 6.38. The Morgan fingerprint density at radius 1 is 0.875 bits per heavy atom. The van der Waals surface area contributed by atoms with E-state index in [1.165, 1.54) is 64.2 Å². The minimum atomic E-state index is 0.602. The van der Waals surface area contributed by atoms with Crippen LogP contribution >= 0.6 is 0 Å². The lowest BCUT2D eigenvalue weighted by molar-refractivity contribution is 0.114. The maximum Gasteiger partial charge on any atom is -0.0298 e. The summed E-state index contributed by atoms with van der Waals surface area (Å²) >= 11 is 0. The zero-order valence-electron chi connectivity index (χ0n) is 17.7. The lowest BCUT2D eigenvalue weighted by Crippen LogP contribution is -2.29. The lowest BCUT2D eigenvalue weighted by atomic mass is 9.66. The molecule has 2 fully saturated rings. The van der Waals surface area contributed by atoms with Crippen LogP contribution in [0.15, 0.2) is 0 Å². The van der Waals surface area contributed by atoms with Gasteiger partial charge in [-0.05, 0) is 73.0 Å². The van der Waals surface area contributed by atoms with Crippen LogP contribution in [0, 0.1) is 40.9 Å². The summed E-state index contributed by atoms with van der Waals surface area (Å²) in [5.41, 5.74) is 0.602. The van der Waals surface area contributed by atoms with E-state index in [1.54, 1.807) is 6.42 Å². The number of rotatable bonds is 7. The van der Waals surface area contributed by atoms with Crippen molar-refractivity contribution in [2.75, 3.05) is 0 Å². The van der Waals surface area contributed by atoms with Crippen molar-refractivity contribution in [3.8, 4) is 0 Å². The summed E-state index contributed by atoms with van der Waals surface area (Å²) in [5.74, 6) is 5.82. The first-order valence-electron chi connectivity index (χ1n) is 11.3. The van der Waals surface area contributed by atoms with E-state index in [0.717, 1.165) is 35.5 Å². The van der Waals surface area contributed by atoms with Crippen LogP contribution in [0.25, 0.3) is 0 Å². The second-order valence-corrected chi connectivity index (χ2v) is 10.8. The van der Waals surface area contributed by atoms with Gasteiger partial charge in [0.2, 0.25) is 0 Å². The zero-order valence-corrected chi connectivity index (χ0v) is 17.7. The van der Waals surface area contributed by atoms with Gasteiger partial charge < -0.3 is 0 Å². The maximum atomic E-state index is 2.64. The van der Waals surface area contributed by atoms with Crippen molar-refractivity contribution in [2.45, 2.75) is 112 Å². The summed E-state index contributed by atoms with van der Waals surface area (Å²) in [5, 5.41) is 0. The van der Waals surface area contributed by atoms with Crippen molar-refractivity contribution < 1.29 is 0 Å². The molecule has 0 N–H and O–H groups in total. The molecule has 0 aliphatic heterocycles. The van der Waals surface area contributed by atoms with Gasteiger partial charge in [-0.25, -0.2) is 0 Å². The molecule has 6 atom stereocenters. The highest BCUT2D eigenvalue weighted by Gasteiger charge is 2.42. The molecular formula is C24H46. The fourth-order valence-electron chi connectivity index (χ4n) is 5.74. The van der Waals surface area contributed by atoms with Gasteiger partial charge in [-0.2, -0.15) is 0 Å². The van der Waals surface area contributed by atoms with Crippen LogP contribution in [-0.2, 0) is 0 Å². The molecule has 0 aromatic carbocycles. The van der Waals surface area contributed by atoms with Crippen LogP contribution in [0.3, 0.4) is 0 Å². The predicted molar refractivity (Wildman–Crippen MR) is 108 cm³/mol. The number of hydrogen-bond donors (Lipinski definition) is 0. The van der Waals surface area contributed by atoms with Gasteiger partial charge in [0, 0.05) is 0 Å². The standard InChI is InChI=1S/C24H46/c1-18(2)14-19(3)11-12-20(4)17-24(6)13-9-7-8-10-22-16-23(22)15-21(24)5/h18-23H,7-17H2,1-6H3. The van der Waals surface area contributed by atoms with E-state index in [9.17, 15) is 0 Å². The molecule has 0 heterocycles. The number of fused-ring (bicyclic) bond motifs is 1. The molecule has 2 saturated carbocycles. The molecule has 0 saturated heterocycles. The normalized spacial score (nSPS) is 36.9. The quantitative estimate of drug-likeness (QED) is 0.441. The minimum Gasteiger partial charge on any atom is -0.0628 e. The first-order valence-corrected chi connectivity index (χ1v) is 11.3. The molecule has 0 amide bonds.